The van der Waals surface area contributed by atoms with E-state index >= 15 is 0 Å². The van der Waals surface area contributed by atoms with Crippen LogP contribution in [0.15, 0.2) is 17.5 Å². The lowest BCUT2D eigenvalue weighted by atomic mass is 9.82. The monoisotopic (exact) mass is 332 g/mol. The Morgan fingerprint density at radius 2 is 1.96 bits per heavy atom. The number of hydrogen-bond donors (Lipinski definition) is 1. The molecule has 3 fully saturated rings. The molecule has 0 atom stereocenters. The van der Waals surface area contributed by atoms with Gasteiger partial charge in [0, 0.05) is 24.5 Å². The molecule has 0 spiro atoms. The number of piperidine rings is 1. The van der Waals surface area contributed by atoms with E-state index in [2.05, 4.69) is 5.32 Å². The normalized spacial score (nSPS) is 23.6. The molecule has 2 amide bonds. The Kier molecular flexibility index (Phi) is 3.92. The van der Waals surface area contributed by atoms with Crippen LogP contribution >= 0.6 is 11.3 Å². The molecule has 4 nitrogen and oxygen atoms in total. The Morgan fingerprint density at radius 1 is 1.22 bits per heavy atom. The van der Waals surface area contributed by atoms with Crippen molar-refractivity contribution in [2.24, 2.45) is 11.8 Å². The number of hydrogen-bond acceptors (Lipinski definition) is 3. The lowest BCUT2D eigenvalue weighted by Gasteiger charge is -2.42. The first-order valence-electron chi connectivity index (χ1n) is 8.80. The second-order valence-electron chi connectivity index (χ2n) is 7.46. The van der Waals surface area contributed by atoms with Crippen molar-refractivity contribution in [3.05, 3.63) is 22.4 Å². The number of amides is 2. The van der Waals surface area contributed by atoms with E-state index < -0.39 is 0 Å². The van der Waals surface area contributed by atoms with Crippen LogP contribution in [0.3, 0.4) is 0 Å². The van der Waals surface area contributed by atoms with Gasteiger partial charge < -0.3 is 10.2 Å². The van der Waals surface area contributed by atoms with Crippen LogP contribution in [0.4, 0.5) is 0 Å². The van der Waals surface area contributed by atoms with E-state index in [0.717, 1.165) is 56.0 Å². The van der Waals surface area contributed by atoms with Gasteiger partial charge in [0.05, 0.1) is 4.88 Å². The predicted molar refractivity (Wildman–Crippen MR) is 90.4 cm³/mol. The van der Waals surface area contributed by atoms with Gasteiger partial charge in [-0.3, -0.25) is 9.59 Å². The fourth-order valence-corrected chi connectivity index (χ4v) is 4.35. The van der Waals surface area contributed by atoms with Gasteiger partial charge in [0.1, 0.15) is 0 Å². The Bertz CT molecular complexity index is 582. The summed E-state index contributed by atoms with van der Waals surface area (Å²) in [7, 11) is 0. The third-order valence-corrected chi connectivity index (χ3v) is 6.31. The number of likely N-dealkylation sites (tertiary alicyclic amines) is 1. The summed E-state index contributed by atoms with van der Waals surface area (Å²) in [5, 5.41) is 5.33. The van der Waals surface area contributed by atoms with Crippen LogP contribution in [0.1, 0.15) is 54.6 Å². The number of nitrogens with one attached hydrogen (secondary N) is 1. The minimum absolute atomic E-state index is 0.0624. The topological polar surface area (TPSA) is 49.4 Å². The zero-order chi connectivity index (χ0) is 15.9. The first-order chi connectivity index (χ1) is 11.2. The zero-order valence-electron chi connectivity index (χ0n) is 13.4. The molecule has 1 aliphatic heterocycles. The maximum Gasteiger partial charge on any atom is 0.263 e. The van der Waals surface area contributed by atoms with E-state index in [0.29, 0.717) is 0 Å². The molecule has 1 saturated heterocycles. The van der Waals surface area contributed by atoms with Crippen LogP contribution in [0.25, 0.3) is 0 Å². The summed E-state index contributed by atoms with van der Waals surface area (Å²) < 4.78 is 0. The smallest absolute Gasteiger partial charge is 0.263 e. The maximum absolute atomic E-state index is 12.5. The van der Waals surface area contributed by atoms with Crippen molar-refractivity contribution in [2.75, 3.05) is 13.1 Å². The molecule has 0 aromatic carbocycles. The summed E-state index contributed by atoms with van der Waals surface area (Å²) in [6.45, 7) is 1.52. The molecule has 0 unspecified atom stereocenters. The van der Waals surface area contributed by atoms with E-state index in [9.17, 15) is 9.59 Å². The second kappa shape index (κ2) is 5.93. The molecule has 0 bridgehead atoms. The van der Waals surface area contributed by atoms with Crippen molar-refractivity contribution in [1.82, 2.24) is 10.2 Å². The minimum Gasteiger partial charge on any atom is -0.350 e. The summed E-state index contributed by atoms with van der Waals surface area (Å²) >= 11 is 1.51. The quantitative estimate of drug-likeness (QED) is 0.901. The molecule has 4 rings (SSSR count). The molecular weight excluding hydrogens is 308 g/mol. The third-order valence-electron chi connectivity index (χ3n) is 5.45. The van der Waals surface area contributed by atoms with Crippen LogP contribution in [0.2, 0.25) is 0 Å². The molecule has 5 heteroatoms. The Morgan fingerprint density at radius 3 is 2.52 bits per heavy atom. The zero-order valence-corrected chi connectivity index (χ0v) is 14.2. The van der Waals surface area contributed by atoms with E-state index in [1.54, 1.807) is 0 Å². The maximum atomic E-state index is 12.5. The van der Waals surface area contributed by atoms with Gasteiger partial charge in [0.2, 0.25) is 5.91 Å². The van der Waals surface area contributed by atoms with Gasteiger partial charge >= 0.3 is 0 Å². The van der Waals surface area contributed by atoms with Gasteiger partial charge in [0.25, 0.3) is 5.91 Å². The van der Waals surface area contributed by atoms with Gasteiger partial charge in [-0.15, -0.1) is 11.3 Å². The summed E-state index contributed by atoms with van der Waals surface area (Å²) in [6, 6.07) is 3.82. The van der Waals surface area contributed by atoms with Crippen LogP contribution < -0.4 is 5.32 Å². The fourth-order valence-electron chi connectivity index (χ4n) is 3.66. The van der Waals surface area contributed by atoms with Gasteiger partial charge in [-0.2, -0.15) is 0 Å². The van der Waals surface area contributed by atoms with Gasteiger partial charge in [-0.05, 0) is 49.5 Å². The van der Waals surface area contributed by atoms with Gasteiger partial charge in [0.15, 0.2) is 0 Å². The van der Waals surface area contributed by atoms with Crippen LogP contribution in [-0.4, -0.2) is 35.3 Å². The molecule has 3 aliphatic rings. The summed E-state index contributed by atoms with van der Waals surface area (Å²) in [5.41, 5.74) is -0.0624. The van der Waals surface area contributed by atoms with Crippen molar-refractivity contribution in [2.45, 2.75) is 50.5 Å². The molecule has 1 aromatic heterocycles. The summed E-state index contributed by atoms with van der Waals surface area (Å²) in [6.07, 6.45) is 7.62. The van der Waals surface area contributed by atoms with Crippen molar-refractivity contribution in [3.8, 4) is 0 Å². The summed E-state index contributed by atoms with van der Waals surface area (Å²) in [4.78, 5) is 27.6. The average Bonchev–Trinajstić information content (AvgIpc) is 3.48. The first-order valence-corrected chi connectivity index (χ1v) is 9.68. The fraction of sp³-hybridized carbons (Fsp3) is 0.667. The molecule has 2 heterocycles. The molecule has 23 heavy (non-hydrogen) atoms. The van der Waals surface area contributed by atoms with Crippen LogP contribution in [0, 0.1) is 11.8 Å². The van der Waals surface area contributed by atoms with E-state index in [-0.39, 0.29) is 23.3 Å². The standard InChI is InChI=1S/C18H24N2O2S/c21-16(14-5-6-14)19-18(12-13-3-4-13)7-9-20(10-8-18)17(22)15-2-1-11-23-15/h1-2,11,13-14H,3-10,12H2,(H,19,21). The van der Waals surface area contributed by atoms with Crippen LogP contribution in [0.5, 0.6) is 0 Å². The van der Waals surface area contributed by atoms with Gasteiger partial charge in [-0.1, -0.05) is 18.9 Å². The van der Waals surface area contributed by atoms with Crippen molar-refractivity contribution < 1.29 is 9.59 Å². The highest BCUT2D eigenvalue weighted by molar-refractivity contribution is 7.12. The first kappa shape index (κ1) is 15.2. The van der Waals surface area contributed by atoms with Crippen LogP contribution in [-0.2, 0) is 4.79 Å². The Balaban J connectivity index is 1.41. The lowest BCUT2D eigenvalue weighted by molar-refractivity contribution is -0.125. The second-order valence-corrected chi connectivity index (χ2v) is 8.41. The minimum atomic E-state index is -0.0624. The highest BCUT2D eigenvalue weighted by Crippen LogP contribution is 2.41. The highest BCUT2D eigenvalue weighted by Gasteiger charge is 2.43. The lowest BCUT2D eigenvalue weighted by Crippen LogP contribution is -2.56. The largest absolute Gasteiger partial charge is 0.350 e. The van der Waals surface area contributed by atoms with Crippen molar-refractivity contribution in [1.29, 1.82) is 0 Å². The predicted octanol–water partition coefficient (Wildman–Crippen LogP) is 3.05. The Labute approximate surface area is 141 Å². The van der Waals surface area contributed by atoms with E-state index in [4.69, 9.17) is 0 Å². The number of carbonyl (C=O) groups is 2. The number of thiophene rings is 1. The van der Waals surface area contributed by atoms with Gasteiger partial charge in [-0.25, -0.2) is 0 Å². The molecular formula is C18H24N2O2S. The highest BCUT2D eigenvalue weighted by atomic mass is 32.1. The molecule has 2 aliphatic carbocycles. The van der Waals surface area contributed by atoms with Crippen molar-refractivity contribution in [3.63, 3.8) is 0 Å². The number of carbonyl (C=O) groups excluding carboxylic acids is 2. The van der Waals surface area contributed by atoms with E-state index in [1.165, 1.54) is 24.2 Å². The molecule has 0 radical (unpaired) electrons. The van der Waals surface area contributed by atoms with E-state index in [1.807, 2.05) is 22.4 Å². The molecule has 124 valence electrons. The third kappa shape index (κ3) is 3.44. The average molecular weight is 332 g/mol. The molecule has 1 N–H and O–H groups in total. The molecule has 1 aromatic rings. The summed E-state index contributed by atoms with van der Waals surface area (Å²) in [5.74, 6) is 1.45. The van der Waals surface area contributed by atoms with Crippen molar-refractivity contribution >= 4 is 23.2 Å². The SMILES string of the molecule is O=C(NC1(CC2CC2)CCN(C(=O)c2cccs2)CC1)C1CC1. The Hall–Kier alpha value is -1.36. The number of rotatable bonds is 5. The number of nitrogens with zero attached hydrogens (tertiary/aromatic N) is 1. The molecule has 2 saturated carbocycles.